The van der Waals surface area contributed by atoms with Gasteiger partial charge < -0.3 is 19.4 Å². The lowest BCUT2D eigenvalue weighted by Crippen LogP contribution is -2.60. The lowest BCUT2D eigenvalue weighted by atomic mass is 10.0. The van der Waals surface area contributed by atoms with Gasteiger partial charge in [-0.2, -0.15) is 0 Å². The third-order valence-electron chi connectivity index (χ3n) is 4.15. The van der Waals surface area contributed by atoms with Crippen molar-refractivity contribution >= 4 is 39.0 Å². The smallest absolute Gasteiger partial charge is 0.410 e. The van der Waals surface area contributed by atoms with E-state index in [4.69, 9.17) is 9.15 Å². The molecule has 1 aliphatic rings. The van der Waals surface area contributed by atoms with Crippen LogP contribution in [0.5, 0.6) is 0 Å². The van der Waals surface area contributed by atoms with E-state index in [0.29, 0.717) is 15.6 Å². The summed E-state index contributed by atoms with van der Waals surface area (Å²) in [5.74, 6) is -4.38. The van der Waals surface area contributed by atoms with Crippen LogP contribution in [0.2, 0.25) is 0 Å². The second-order valence-electron chi connectivity index (χ2n) is 7.57. The van der Waals surface area contributed by atoms with E-state index >= 15 is 0 Å². The van der Waals surface area contributed by atoms with Crippen molar-refractivity contribution in [2.45, 2.75) is 44.8 Å². The SMILES string of the molecule is CC(C)(C)OC(=O)N1CCC(F)(F)C(NC(=O)c2nc3cccc(Br)c3o2)C1. The topological polar surface area (TPSA) is 84.7 Å². The van der Waals surface area contributed by atoms with Crippen LogP contribution in [0.1, 0.15) is 37.9 Å². The number of nitrogens with one attached hydrogen (secondary N) is 1. The summed E-state index contributed by atoms with van der Waals surface area (Å²) in [6.07, 6.45) is -1.29. The highest BCUT2D eigenvalue weighted by Crippen LogP contribution is 2.30. The molecule has 1 N–H and O–H groups in total. The van der Waals surface area contributed by atoms with Crippen molar-refractivity contribution in [3.8, 4) is 0 Å². The van der Waals surface area contributed by atoms with Crippen molar-refractivity contribution in [2.75, 3.05) is 13.1 Å². The van der Waals surface area contributed by atoms with Crippen LogP contribution in [0.3, 0.4) is 0 Å². The number of hydrogen-bond acceptors (Lipinski definition) is 5. The molecule has 0 radical (unpaired) electrons. The molecule has 1 fully saturated rings. The van der Waals surface area contributed by atoms with Gasteiger partial charge in [0.15, 0.2) is 5.58 Å². The molecule has 1 aliphatic heterocycles. The van der Waals surface area contributed by atoms with E-state index in [2.05, 4.69) is 26.2 Å². The number of nitrogens with zero attached hydrogens (tertiary/aromatic N) is 2. The minimum Gasteiger partial charge on any atom is -0.444 e. The molecule has 152 valence electrons. The van der Waals surface area contributed by atoms with Crippen molar-refractivity contribution in [1.29, 1.82) is 0 Å². The zero-order valence-electron chi connectivity index (χ0n) is 15.6. The second kappa shape index (κ2) is 7.31. The van der Waals surface area contributed by atoms with E-state index < -0.39 is 36.0 Å². The van der Waals surface area contributed by atoms with Gasteiger partial charge in [-0.05, 0) is 48.8 Å². The number of carbonyl (C=O) groups excluding carboxylic acids is 2. The number of fused-ring (bicyclic) bond motifs is 1. The Balaban J connectivity index is 1.75. The summed E-state index contributed by atoms with van der Waals surface area (Å²) in [5.41, 5.74) is 0.0187. The quantitative estimate of drug-likeness (QED) is 0.734. The number of para-hydroxylation sites is 1. The number of aromatic nitrogens is 1. The fourth-order valence-electron chi connectivity index (χ4n) is 2.78. The van der Waals surface area contributed by atoms with Gasteiger partial charge in [0.2, 0.25) is 0 Å². The minimum atomic E-state index is -3.18. The number of piperidine rings is 1. The standard InChI is InChI=1S/C18H20BrF2N3O4/c1-17(2,3)28-16(26)24-8-7-18(20,21)12(9-24)23-14(25)15-22-11-6-4-5-10(19)13(11)27-15/h4-6,12H,7-9H2,1-3H3,(H,23,25). The molecule has 10 heteroatoms. The molecule has 2 amide bonds. The Morgan fingerprint density at radius 3 is 2.75 bits per heavy atom. The number of rotatable bonds is 2. The molecule has 0 bridgehead atoms. The normalized spacial score (nSPS) is 19.5. The van der Waals surface area contributed by atoms with Crippen molar-refractivity contribution < 1.29 is 27.5 Å². The summed E-state index contributed by atoms with van der Waals surface area (Å²) in [7, 11) is 0. The van der Waals surface area contributed by atoms with Gasteiger partial charge in [0.1, 0.15) is 17.2 Å². The van der Waals surface area contributed by atoms with Gasteiger partial charge in [0, 0.05) is 13.0 Å². The fraction of sp³-hybridized carbons (Fsp3) is 0.500. The van der Waals surface area contributed by atoms with E-state index in [0.717, 1.165) is 4.90 Å². The van der Waals surface area contributed by atoms with E-state index in [1.54, 1.807) is 39.0 Å². The molecule has 1 unspecified atom stereocenters. The first-order valence-electron chi connectivity index (χ1n) is 8.68. The first-order chi connectivity index (χ1) is 13.0. The lowest BCUT2D eigenvalue weighted by molar-refractivity contribution is -0.0822. The highest BCUT2D eigenvalue weighted by atomic mass is 79.9. The Hall–Kier alpha value is -2.23. The minimum absolute atomic E-state index is 0.163. The maximum absolute atomic E-state index is 14.3. The zero-order valence-corrected chi connectivity index (χ0v) is 17.2. The van der Waals surface area contributed by atoms with Gasteiger partial charge in [0.05, 0.1) is 11.0 Å². The van der Waals surface area contributed by atoms with Gasteiger partial charge in [0.25, 0.3) is 11.8 Å². The number of amides is 2. The summed E-state index contributed by atoms with van der Waals surface area (Å²) < 4.78 is 39.9. The Labute approximate surface area is 168 Å². The maximum Gasteiger partial charge on any atom is 0.410 e. The number of oxazole rings is 1. The van der Waals surface area contributed by atoms with Crippen molar-refractivity contribution in [3.05, 3.63) is 28.6 Å². The molecule has 0 aliphatic carbocycles. The molecule has 0 spiro atoms. The first kappa shape index (κ1) is 20.5. The fourth-order valence-corrected chi connectivity index (χ4v) is 3.22. The largest absolute Gasteiger partial charge is 0.444 e. The average molecular weight is 460 g/mol. The number of hydrogen-bond donors (Lipinski definition) is 1. The Morgan fingerprint density at radius 1 is 1.39 bits per heavy atom. The predicted molar refractivity (Wildman–Crippen MR) is 100 cm³/mol. The summed E-state index contributed by atoms with van der Waals surface area (Å²) in [5, 5.41) is 2.24. The van der Waals surface area contributed by atoms with E-state index in [1.165, 1.54) is 0 Å². The average Bonchev–Trinajstić information content (AvgIpc) is 3.01. The number of benzene rings is 1. The molecule has 0 saturated carbocycles. The molecule has 1 aromatic heterocycles. The predicted octanol–water partition coefficient (Wildman–Crippen LogP) is 3.96. The molecule has 7 nitrogen and oxygen atoms in total. The third-order valence-corrected chi connectivity index (χ3v) is 4.77. The molecule has 2 heterocycles. The van der Waals surface area contributed by atoms with E-state index in [9.17, 15) is 18.4 Å². The molecule has 1 aromatic carbocycles. The van der Waals surface area contributed by atoms with Crippen molar-refractivity contribution in [2.24, 2.45) is 0 Å². The lowest BCUT2D eigenvalue weighted by Gasteiger charge is -2.38. The van der Waals surface area contributed by atoms with Crippen LogP contribution in [0.15, 0.2) is 27.1 Å². The monoisotopic (exact) mass is 459 g/mol. The van der Waals surface area contributed by atoms with Gasteiger partial charge in [-0.3, -0.25) is 4.79 Å². The number of carbonyl (C=O) groups is 2. The zero-order chi connectivity index (χ0) is 20.7. The second-order valence-corrected chi connectivity index (χ2v) is 8.42. The highest BCUT2D eigenvalue weighted by Gasteiger charge is 2.47. The highest BCUT2D eigenvalue weighted by molar-refractivity contribution is 9.10. The Morgan fingerprint density at radius 2 is 2.11 bits per heavy atom. The van der Waals surface area contributed by atoms with Crippen LogP contribution in [0.25, 0.3) is 11.1 Å². The number of likely N-dealkylation sites (tertiary alicyclic amines) is 1. The molecular formula is C18H20BrF2N3O4. The molecule has 2 aromatic rings. The summed E-state index contributed by atoms with van der Waals surface area (Å²) in [6, 6.07) is 3.48. The van der Waals surface area contributed by atoms with Gasteiger partial charge in [-0.15, -0.1) is 0 Å². The Kier molecular flexibility index (Phi) is 5.35. The van der Waals surface area contributed by atoms with Crippen molar-refractivity contribution in [1.82, 2.24) is 15.2 Å². The molecule has 1 saturated heterocycles. The van der Waals surface area contributed by atoms with Crippen molar-refractivity contribution in [3.63, 3.8) is 0 Å². The molecular weight excluding hydrogens is 440 g/mol. The third kappa shape index (κ3) is 4.43. The molecule has 28 heavy (non-hydrogen) atoms. The van der Waals surface area contributed by atoms with Gasteiger partial charge >= 0.3 is 12.0 Å². The van der Waals surface area contributed by atoms with Gasteiger partial charge in [-0.25, -0.2) is 18.6 Å². The van der Waals surface area contributed by atoms with Crippen LogP contribution < -0.4 is 5.32 Å². The number of ether oxygens (including phenoxy) is 1. The molecule has 3 rings (SSSR count). The number of halogens is 3. The first-order valence-corrected chi connectivity index (χ1v) is 9.47. The summed E-state index contributed by atoms with van der Waals surface area (Å²) in [6.45, 7) is 4.53. The summed E-state index contributed by atoms with van der Waals surface area (Å²) >= 11 is 3.28. The van der Waals surface area contributed by atoms with E-state index in [-0.39, 0.29) is 19.0 Å². The molecule has 1 atom stereocenters. The maximum atomic E-state index is 14.3. The van der Waals surface area contributed by atoms with Crippen LogP contribution in [-0.4, -0.2) is 52.5 Å². The van der Waals surface area contributed by atoms with Crippen LogP contribution in [0, 0.1) is 0 Å². The van der Waals surface area contributed by atoms with E-state index in [1.807, 2.05) is 0 Å². The van der Waals surface area contributed by atoms with Crippen LogP contribution >= 0.6 is 15.9 Å². The van der Waals surface area contributed by atoms with Gasteiger partial charge in [-0.1, -0.05) is 6.07 Å². The van der Waals surface area contributed by atoms with Crippen LogP contribution in [0.4, 0.5) is 13.6 Å². The number of alkyl halides is 2. The van der Waals surface area contributed by atoms with Crippen LogP contribution in [-0.2, 0) is 4.74 Å². The Bertz CT molecular complexity index is 910. The summed E-state index contributed by atoms with van der Waals surface area (Å²) in [4.78, 5) is 29.8.